The van der Waals surface area contributed by atoms with Crippen molar-refractivity contribution >= 4 is 28.7 Å². The molecule has 0 saturated carbocycles. The van der Waals surface area contributed by atoms with E-state index in [1.165, 1.54) is 0 Å². The number of hydrogen-bond acceptors (Lipinski definition) is 3. The van der Waals surface area contributed by atoms with E-state index in [0.717, 1.165) is 61.6 Å². The molecule has 4 heteroatoms. The number of hydrogen-bond donors (Lipinski definition) is 1. The summed E-state index contributed by atoms with van der Waals surface area (Å²) >= 11 is 6.82. The summed E-state index contributed by atoms with van der Waals surface area (Å²) < 4.78 is 0. The normalized spacial score (nSPS) is 12.7. The number of benzene rings is 6. The van der Waals surface area contributed by atoms with Crippen molar-refractivity contribution in [3.8, 4) is 33.4 Å². The Hall–Kier alpha value is -5.38. The number of anilines is 1. The maximum Gasteiger partial charge on any atom is 0.0949 e. The van der Waals surface area contributed by atoms with Crippen molar-refractivity contribution in [2.24, 2.45) is 5.10 Å². The minimum atomic E-state index is 0.632. The number of hydrazine groups is 1. The monoisotopic (exact) mass is 573 g/mol. The summed E-state index contributed by atoms with van der Waals surface area (Å²) in [6, 6.07) is 54.3. The van der Waals surface area contributed by atoms with Crippen molar-refractivity contribution < 1.29 is 0 Å². The van der Waals surface area contributed by atoms with Crippen molar-refractivity contribution in [2.75, 3.05) is 5.12 Å². The lowest BCUT2D eigenvalue weighted by Gasteiger charge is -2.28. The predicted octanol–water partition coefficient (Wildman–Crippen LogP) is 10.1. The van der Waals surface area contributed by atoms with Crippen molar-refractivity contribution in [3.05, 3.63) is 180 Å². The Morgan fingerprint density at radius 3 is 1.42 bits per heavy atom. The van der Waals surface area contributed by atoms with Gasteiger partial charge in [0.15, 0.2) is 0 Å². The van der Waals surface area contributed by atoms with E-state index in [9.17, 15) is 0 Å². The highest BCUT2D eigenvalue weighted by Gasteiger charge is 2.19. The van der Waals surface area contributed by atoms with Crippen molar-refractivity contribution in [1.82, 2.24) is 5.43 Å². The average molecular weight is 574 g/mol. The third-order valence-corrected chi connectivity index (χ3v) is 7.70. The van der Waals surface area contributed by atoms with E-state index in [0.29, 0.717) is 5.02 Å². The van der Waals surface area contributed by atoms with Crippen LogP contribution in [0.4, 0.5) is 5.69 Å². The molecule has 0 unspecified atom stereocenters. The quantitative estimate of drug-likeness (QED) is 0.215. The van der Waals surface area contributed by atoms with Crippen LogP contribution in [0.5, 0.6) is 0 Å². The van der Waals surface area contributed by atoms with E-state index < -0.39 is 0 Å². The fourth-order valence-corrected chi connectivity index (χ4v) is 5.56. The van der Waals surface area contributed by atoms with Crippen LogP contribution in [0.25, 0.3) is 39.1 Å². The first-order chi connectivity index (χ1) is 21.2. The molecule has 0 aromatic heterocycles. The van der Waals surface area contributed by atoms with Gasteiger partial charge in [-0.15, -0.1) is 0 Å². The second kappa shape index (κ2) is 11.8. The van der Waals surface area contributed by atoms with E-state index in [1.807, 2.05) is 65.8 Å². The molecule has 1 heterocycles. The van der Waals surface area contributed by atoms with Crippen molar-refractivity contribution in [3.63, 3.8) is 0 Å². The Morgan fingerprint density at radius 1 is 0.442 bits per heavy atom. The molecular formula is C39H28ClN3. The van der Waals surface area contributed by atoms with Gasteiger partial charge in [0.2, 0.25) is 0 Å². The second-order valence-electron chi connectivity index (χ2n) is 10.4. The predicted molar refractivity (Wildman–Crippen MR) is 181 cm³/mol. The largest absolute Gasteiger partial charge is 0.277 e. The maximum absolute atomic E-state index is 6.82. The highest BCUT2D eigenvalue weighted by molar-refractivity contribution is 6.31. The Morgan fingerprint density at radius 2 is 0.884 bits per heavy atom. The first-order valence-corrected chi connectivity index (χ1v) is 14.6. The number of halogens is 1. The molecule has 43 heavy (non-hydrogen) atoms. The van der Waals surface area contributed by atoms with Gasteiger partial charge in [-0.3, -0.25) is 5.43 Å². The van der Waals surface area contributed by atoms with Crippen LogP contribution in [-0.2, 0) is 0 Å². The van der Waals surface area contributed by atoms with E-state index >= 15 is 0 Å². The highest BCUT2D eigenvalue weighted by atomic mass is 35.5. The van der Waals surface area contributed by atoms with Crippen LogP contribution in [0.15, 0.2) is 169 Å². The fourth-order valence-electron chi connectivity index (χ4n) is 5.33. The summed E-state index contributed by atoms with van der Waals surface area (Å²) in [5.41, 5.74) is 15.0. The minimum Gasteiger partial charge on any atom is -0.277 e. The molecule has 0 radical (unpaired) electrons. The van der Waals surface area contributed by atoms with Crippen LogP contribution >= 0.6 is 11.6 Å². The molecule has 1 aliphatic rings. The van der Waals surface area contributed by atoms with E-state index in [-0.39, 0.29) is 0 Å². The van der Waals surface area contributed by atoms with Gasteiger partial charge in [0.1, 0.15) is 0 Å². The minimum absolute atomic E-state index is 0.632. The molecule has 7 rings (SSSR count). The van der Waals surface area contributed by atoms with Crippen LogP contribution in [0.1, 0.15) is 11.1 Å². The van der Waals surface area contributed by atoms with Crippen LogP contribution in [0, 0.1) is 0 Å². The van der Waals surface area contributed by atoms with E-state index in [4.69, 9.17) is 16.7 Å². The summed E-state index contributed by atoms with van der Waals surface area (Å²) in [4.78, 5) is 0. The maximum atomic E-state index is 6.82. The van der Waals surface area contributed by atoms with Gasteiger partial charge >= 0.3 is 0 Å². The van der Waals surface area contributed by atoms with E-state index in [2.05, 4.69) is 109 Å². The van der Waals surface area contributed by atoms with Gasteiger partial charge in [-0.25, -0.2) is 0 Å². The summed E-state index contributed by atoms with van der Waals surface area (Å²) in [7, 11) is 0. The Balaban J connectivity index is 1.34. The van der Waals surface area contributed by atoms with Gasteiger partial charge in [-0.2, -0.15) is 10.2 Å². The molecule has 3 nitrogen and oxygen atoms in total. The third kappa shape index (κ3) is 5.85. The molecule has 0 saturated heterocycles. The average Bonchev–Trinajstić information content (AvgIpc) is 3.09. The Labute approximate surface area is 257 Å². The summed E-state index contributed by atoms with van der Waals surface area (Å²) in [5.74, 6) is 0. The number of hydrazone groups is 1. The molecule has 0 amide bonds. The fraction of sp³-hybridized carbons (Fsp3) is 0. The summed E-state index contributed by atoms with van der Waals surface area (Å²) in [6.45, 7) is 0. The van der Waals surface area contributed by atoms with E-state index in [1.54, 1.807) is 0 Å². The number of allylic oxidation sites excluding steroid dienone is 1. The summed E-state index contributed by atoms with van der Waals surface area (Å²) in [5, 5.41) is 7.46. The van der Waals surface area contributed by atoms with Gasteiger partial charge < -0.3 is 0 Å². The zero-order chi connectivity index (χ0) is 29.0. The molecule has 206 valence electrons. The second-order valence-corrected chi connectivity index (χ2v) is 10.9. The highest BCUT2D eigenvalue weighted by Crippen LogP contribution is 2.36. The smallest absolute Gasteiger partial charge is 0.0949 e. The Bertz CT molecular complexity index is 1880. The molecule has 0 atom stereocenters. The third-order valence-electron chi connectivity index (χ3n) is 7.48. The molecule has 1 aliphatic heterocycles. The summed E-state index contributed by atoms with van der Waals surface area (Å²) in [6.07, 6.45) is 2.09. The van der Waals surface area contributed by atoms with Crippen LogP contribution in [-0.4, -0.2) is 5.71 Å². The molecule has 0 aliphatic carbocycles. The molecule has 0 fully saturated rings. The lowest BCUT2D eigenvalue weighted by Crippen LogP contribution is -2.36. The van der Waals surface area contributed by atoms with Gasteiger partial charge in [-0.1, -0.05) is 133 Å². The lowest BCUT2D eigenvalue weighted by atomic mass is 9.93. The SMILES string of the molecule is Clc1cc(-c2cc(-c3ccccc3)cc(-c3ccccc3)c2)cc(N2N=C(c3ccccc3)C=C(c3ccccc3)N2)c1. The van der Waals surface area contributed by atoms with Crippen LogP contribution < -0.4 is 10.5 Å². The van der Waals surface area contributed by atoms with Gasteiger partial charge in [0.05, 0.1) is 17.1 Å². The van der Waals surface area contributed by atoms with Crippen molar-refractivity contribution in [2.45, 2.75) is 0 Å². The zero-order valence-corrected chi connectivity index (χ0v) is 24.1. The zero-order valence-electron chi connectivity index (χ0n) is 23.4. The molecule has 0 spiro atoms. The standard InChI is InChI=1S/C39H28ClN3/c40-36-24-35(34-22-32(28-13-5-1-6-14-28)21-33(23-34)29-15-7-2-8-16-29)25-37(26-36)43-41-38(30-17-9-3-10-18-30)27-39(42-43)31-19-11-4-12-20-31/h1-27,41H. The molecular weight excluding hydrogens is 546 g/mol. The van der Waals surface area contributed by atoms with Crippen LogP contribution in [0.3, 0.4) is 0 Å². The molecule has 6 aromatic carbocycles. The van der Waals surface area contributed by atoms with Crippen molar-refractivity contribution in [1.29, 1.82) is 0 Å². The topological polar surface area (TPSA) is 27.6 Å². The first kappa shape index (κ1) is 26.5. The first-order valence-electron chi connectivity index (χ1n) is 14.2. The molecule has 0 bridgehead atoms. The number of nitrogens with one attached hydrogen (secondary N) is 1. The number of rotatable bonds is 6. The lowest BCUT2D eigenvalue weighted by molar-refractivity contribution is 0.787. The van der Waals surface area contributed by atoms with Gasteiger partial charge in [-0.05, 0) is 81.4 Å². The Kier molecular flexibility index (Phi) is 7.31. The number of nitrogens with zero attached hydrogens (tertiary/aromatic N) is 2. The van der Waals surface area contributed by atoms with Crippen LogP contribution in [0.2, 0.25) is 5.02 Å². The molecule has 1 N–H and O–H groups in total. The van der Waals surface area contributed by atoms with Gasteiger partial charge in [0.25, 0.3) is 0 Å². The molecule has 6 aromatic rings. The van der Waals surface area contributed by atoms with Gasteiger partial charge in [0, 0.05) is 10.6 Å².